The van der Waals surface area contributed by atoms with Gasteiger partial charge < -0.3 is 19.5 Å². The second-order valence-electron chi connectivity index (χ2n) is 5.12. The Kier molecular flexibility index (Phi) is 5.87. The molecule has 5 nitrogen and oxygen atoms in total. The number of ether oxygens (including phenoxy) is 3. The lowest BCUT2D eigenvalue weighted by molar-refractivity contribution is -0.127. The molecular weight excluding hydrogens is 270 g/mol. The number of amides is 1. The molecule has 1 aromatic carbocycles. The average Bonchev–Trinajstić information content (AvgIpc) is 2.55. The van der Waals surface area contributed by atoms with Crippen molar-refractivity contribution in [2.75, 3.05) is 34.0 Å². The molecular formula is C16H23NO4. The first-order chi connectivity index (χ1) is 10.2. The van der Waals surface area contributed by atoms with E-state index in [-0.39, 0.29) is 11.8 Å². The van der Waals surface area contributed by atoms with Gasteiger partial charge in [0.15, 0.2) is 11.5 Å². The van der Waals surface area contributed by atoms with Crippen LogP contribution in [0, 0.1) is 5.92 Å². The monoisotopic (exact) mass is 293 g/mol. The second kappa shape index (κ2) is 7.88. The lowest BCUT2D eigenvalue weighted by Gasteiger charge is -2.21. The second-order valence-corrected chi connectivity index (χ2v) is 5.12. The van der Waals surface area contributed by atoms with Crippen molar-refractivity contribution in [2.24, 2.45) is 5.92 Å². The van der Waals surface area contributed by atoms with Gasteiger partial charge in [0.1, 0.15) is 0 Å². The number of benzene rings is 1. The number of rotatable bonds is 6. The molecule has 1 aliphatic heterocycles. The Morgan fingerprint density at radius 1 is 1.24 bits per heavy atom. The first kappa shape index (κ1) is 15.6. The molecule has 1 aromatic rings. The van der Waals surface area contributed by atoms with Crippen molar-refractivity contribution in [2.45, 2.75) is 19.3 Å². The van der Waals surface area contributed by atoms with E-state index >= 15 is 0 Å². The lowest BCUT2D eigenvalue weighted by Crippen LogP contribution is -2.35. The van der Waals surface area contributed by atoms with Crippen LogP contribution in [0.5, 0.6) is 11.5 Å². The fourth-order valence-corrected chi connectivity index (χ4v) is 2.47. The molecule has 1 heterocycles. The van der Waals surface area contributed by atoms with Crippen LogP contribution >= 0.6 is 0 Å². The molecule has 5 heteroatoms. The van der Waals surface area contributed by atoms with Gasteiger partial charge in [-0.1, -0.05) is 6.07 Å². The Morgan fingerprint density at radius 3 is 2.62 bits per heavy atom. The van der Waals surface area contributed by atoms with Crippen LogP contribution in [-0.2, 0) is 16.0 Å². The highest BCUT2D eigenvalue weighted by Gasteiger charge is 2.20. The molecule has 0 radical (unpaired) electrons. The van der Waals surface area contributed by atoms with Crippen LogP contribution < -0.4 is 14.8 Å². The van der Waals surface area contributed by atoms with E-state index < -0.39 is 0 Å². The molecule has 1 N–H and O–H groups in total. The van der Waals surface area contributed by atoms with Crippen LogP contribution in [0.15, 0.2) is 18.2 Å². The molecule has 0 aromatic heterocycles. The third-order valence-electron chi connectivity index (χ3n) is 3.75. The van der Waals surface area contributed by atoms with Crippen LogP contribution in [0.1, 0.15) is 18.4 Å². The van der Waals surface area contributed by atoms with E-state index in [1.807, 2.05) is 18.2 Å². The molecule has 1 amide bonds. The smallest absolute Gasteiger partial charge is 0.223 e. The summed E-state index contributed by atoms with van der Waals surface area (Å²) in [6.45, 7) is 2.01. The fraction of sp³-hybridized carbons (Fsp3) is 0.562. The van der Waals surface area contributed by atoms with Gasteiger partial charge in [-0.15, -0.1) is 0 Å². The molecule has 0 atom stereocenters. The summed E-state index contributed by atoms with van der Waals surface area (Å²) in [5, 5.41) is 3.00. The number of methoxy groups -OCH3 is 2. The zero-order chi connectivity index (χ0) is 15.1. The van der Waals surface area contributed by atoms with Crippen LogP contribution in [0.2, 0.25) is 0 Å². The first-order valence-electron chi connectivity index (χ1n) is 7.31. The maximum atomic E-state index is 12.0. The summed E-state index contributed by atoms with van der Waals surface area (Å²) in [4.78, 5) is 12.0. The number of nitrogens with one attached hydrogen (secondary N) is 1. The van der Waals surface area contributed by atoms with Crippen molar-refractivity contribution in [1.29, 1.82) is 0 Å². The summed E-state index contributed by atoms with van der Waals surface area (Å²) < 4.78 is 15.7. The van der Waals surface area contributed by atoms with E-state index in [0.29, 0.717) is 31.3 Å². The van der Waals surface area contributed by atoms with E-state index in [1.54, 1.807) is 14.2 Å². The minimum Gasteiger partial charge on any atom is -0.493 e. The number of carbonyl (C=O) groups is 1. The van der Waals surface area contributed by atoms with Crippen molar-refractivity contribution < 1.29 is 19.0 Å². The Balaban J connectivity index is 1.81. The summed E-state index contributed by atoms with van der Waals surface area (Å²) >= 11 is 0. The van der Waals surface area contributed by atoms with Gasteiger partial charge in [-0.2, -0.15) is 0 Å². The average molecular weight is 293 g/mol. The summed E-state index contributed by atoms with van der Waals surface area (Å²) in [7, 11) is 3.24. The molecule has 116 valence electrons. The fourth-order valence-electron chi connectivity index (χ4n) is 2.47. The molecule has 2 rings (SSSR count). The van der Waals surface area contributed by atoms with E-state index in [4.69, 9.17) is 14.2 Å². The van der Waals surface area contributed by atoms with Gasteiger partial charge in [0.25, 0.3) is 0 Å². The van der Waals surface area contributed by atoms with Crippen molar-refractivity contribution in [3.63, 3.8) is 0 Å². The molecule has 0 bridgehead atoms. The molecule has 1 fully saturated rings. The molecule has 1 saturated heterocycles. The van der Waals surface area contributed by atoms with Crippen molar-refractivity contribution in [3.8, 4) is 11.5 Å². The third-order valence-corrected chi connectivity index (χ3v) is 3.75. The van der Waals surface area contributed by atoms with Gasteiger partial charge >= 0.3 is 0 Å². The molecule has 0 aliphatic carbocycles. The van der Waals surface area contributed by atoms with E-state index in [1.165, 1.54) is 0 Å². The molecule has 1 aliphatic rings. The van der Waals surface area contributed by atoms with Crippen LogP contribution in [0.25, 0.3) is 0 Å². The molecule has 0 unspecified atom stereocenters. The summed E-state index contributed by atoms with van der Waals surface area (Å²) in [5.74, 6) is 1.67. The minimum absolute atomic E-state index is 0.101. The number of hydrogen-bond acceptors (Lipinski definition) is 4. The zero-order valence-corrected chi connectivity index (χ0v) is 12.7. The van der Waals surface area contributed by atoms with Gasteiger partial charge in [-0.25, -0.2) is 0 Å². The summed E-state index contributed by atoms with van der Waals surface area (Å²) in [6, 6.07) is 5.82. The summed E-state index contributed by atoms with van der Waals surface area (Å²) in [5.41, 5.74) is 1.11. The number of hydrogen-bond donors (Lipinski definition) is 1. The van der Waals surface area contributed by atoms with Gasteiger partial charge in [0, 0.05) is 25.7 Å². The first-order valence-corrected chi connectivity index (χ1v) is 7.31. The highest BCUT2D eigenvalue weighted by molar-refractivity contribution is 5.78. The largest absolute Gasteiger partial charge is 0.493 e. The predicted molar refractivity (Wildman–Crippen MR) is 79.8 cm³/mol. The Bertz CT molecular complexity index is 469. The quantitative estimate of drug-likeness (QED) is 0.869. The normalized spacial score (nSPS) is 15.5. The van der Waals surface area contributed by atoms with Crippen LogP contribution in [0.4, 0.5) is 0 Å². The maximum absolute atomic E-state index is 12.0. The molecule has 0 spiro atoms. The van der Waals surface area contributed by atoms with Gasteiger partial charge in [-0.3, -0.25) is 4.79 Å². The van der Waals surface area contributed by atoms with E-state index in [0.717, 1.165) is 24.8 Å². The zero-order valence-electron chi connectivity index (χ0n) is 12.7. The minimum atomic E-state index is 0.101. The molecule has 21 heavy (non-hydrogen) atoms. The lowest BCUT2D eigenvalue weighted by atomic mass is 9.99. The Morgan fingerprint density at radius 2 is 1.95 bits per heavy atom. The maximum Gasteiger partial charge on any atom is 0.223 e. The van der Waals surface area contributed by atoms with Crippen LogP contribution in [-0.4, -0.2) is 39.9 Å². The standard InChI is InChI=1S/C16H23NO4/c1-19-14-4-3-12(11-15(14)20-2)5-8-17-16(18)13-6-9-21-10-7-13/h3-4,11,13H,5-10H2,1-2H3,(H,17,18). The SMILES string of the molecule is COc1ccc(CCNC(=O)C2CCOCC2)cc1OC. The Labute approximate surface area is 125 Å². The highest BCUT2D eigenvalue weighted by atomic mass is 16.5. The number of carbonyl (C=O) groups excluding carboxylic acids is 1. The topological polar surface area (TPSA) is 56.8 Å². The highest BCUT2D eigenvalue weighted by Crippen LogP contribution is 2.27. The molecule has 0 saturated carbocycles. The van der Waals surface area contributed by atoms with Crippen LogP contribution in [0.3, 0.4) is 0 Å². The van der Waals surface area contributed by atoms with Crippen molar-refractivity contribution >= 4 is 5.91 Å². The summed E-state index contributed by atoms with van der Waals surface area (Å²) in [6.07, 6.45) is 2.42. The van der Waals surface area contributed by atoms with Crippen molar-refractivity contribution in [1.82, 2.24) is 5.32 Å². The van der Waals surface area contributed by atoms with Crippen molar-refractivity contribution in [3.05, 3.63) is 23.8 Å². The van der Waals surface area contributed by atoms with Gasteiger partial charge in [0.2, 0.25) is 5.91 Å². The Hall–Kier alpha value is -1.75. The van der Waals surface area contributed by atoms with E-state index in [9.17, 15) is 4.79 Å². The van der Waals surface area contributed by atoms with Gasteiger partial charge in [-0.05, 0) is 37.0 Å². The third kappa shape index (κ3) is 4.36. The van der Waals surface area contributed by atoms with E-state index in [2.05, 4.69) is 5.32 Å². The van der Waals surface area contributed by atoms with Gasteiger partial charge in [0.05, 0.1) is 14.2 Å². The predicted octanol–water partition coefficient (Wildman–Crippen LogP) is 1.79.